The summed E-state index contributed by atoms with van der Waals surface area (Å²) in [5.74, 6) is -0.168. The number of nitrogens with zero attached hydrogens (tertiary/aromatic N) is 2. The number of aromatic nitrogens is 3. The number of amides is 2. The first kappa shape index (κ1) is 20.1. The van der Waals surface area contributed by atoms with Crippen LogP contribution < -0.4 is 10.6 Å². The zero-order chi connectivity index (χ0) is 22.6. The van der Waals surface area contributed by atoms with Crippen molar-refractivity contribution in [3.63, 3.8) is 0 Å². The van der Waals surface area contributed by atoms with Crippen molar-refractivity contribution in [3.05, 3.63) is 109 Å². The number of benzene rings is 2. The number of nitrogens with one attached hydrogen (secondary N) is 3. The van der Waals surface area contributed by atoms with Gasteiger partial charge in [0.1, 0.15) is 5.65 Å². The van der Waals surface area contributed by atoms with Gasteiger partial charge in [-0.05, 0) is 36.4 Å². The van der Waals surface area contributed by atoms with Gasteiger partial charge in [0.05, 0.1) is 0 Å². The Kier molecular flexibility index (Phi) is 5.35. The quantitative estimate of drug-likeness (QED) is 0.319. The lowest BCUT2D eigenvalue weighted by Gasteiger charge is -2.09. The topological polar surface area (TPSA) is 99.8 Å². The summed E-state index contributed by atoms with van der Waals surface area (Å²) < 4.78 is 0. The summed E-state index contributed by atoms with van der Waals surface area (Å²) in [6.07, 6.45) is 6.88. The standard InChI is InChI=1S/C26H19N5O2/c32-24(17-6-4-10-21(12-17)31-26(33)30-20-8-2-1-3-9-20)23-16-29-25-22(23)13-19(15-28-25)18-7-5-11-27-14-18/h1-16H,(H,28,29)(H2,30,31,33). The van der Waals surface area contributed by atoms with Crippen molar-refractivity contribution in [1.29, 1.82) is 0 Å². The highest BCUT2D eigenvalue weighted by Gasteiger charge is 2.16. The molecule has 2 aromatic carbocycles. The number of carbonyl (C=O) groups excluding carboxylic acids is 2. The maximum Gasteiger partial charge on any atom is 0.323 e. The second-order valence-corrected chi connectivity index (χ2v) is 7.42. The van der Waals surface area contributed by atoms with E-state index in [9.17, 15) is 9.59 Å². The zero-order valence-electron chi connectivity index (χ0n) is 17.4. The van der Waals surface area contributed by atoms with E-state index in [2.05, 4.69) is 25.6 Å². The molecule has 0 atom stereocenters. The van der Waals surface area contributed by atoms with Gasteiger partial charge in [0.2, 0.25) is 0 Å². The summed E-state index contributed by atoms with van der Waals surface area (Å²) in [7, 11) is 0. The summed E-state index contributed by atoms with van der Waals surface area (Å²) in [6.45, 7) is 0. The molecule has 0 aliphatic carbocycles. The van der Waals surface area contributed by atoms with Crippen LogP contribution in [-0.4, -0.2) is 26.8 Å². The molecule has 7 heteroatoms. The number of carbonyl (C=O) groups is 2. The Morgan fingerprint density at radius 2 is 1.61 bits per heavy atom. The van der Waals surface area contributed by atoms with E-state index >= 15 is 0 Å². The van der Waals surface area contributed by atoms with Gasteiger partial charge in [-0.15, -0.1) is 0 Å². The molecule has 5 aromatic rings. The zero-order valence-corrected chi connectivity index (χ0v) is 17.4. The molecule has 0 fully saturated rings. The molecule has 33 heavy (non-hydrogen) atoms. The lowest BCUT2D eigenvalue weighted by atomic mass is 10.0. The van der Waals surface area contributed by atoms with Crippen LogP contribution in [0.1, 0.15) is 15.9 Å². The number of ketones is 1. The second kappa shape index (κ2) is 8.76. The molecule has 0 radical (unpaired) electrons. The first-order valence-corrected chi connectivity index (χ1v) is 10.3. The van der Waals surface area contributed by atoms with Crippen molar-refractivity contribution in [3.8, 4) is 11.1 Å². The Morgan fingerprint density at radius 3 is 2.42 bits per heavy atom. The maximum absolute atomic E-state index is 13.3. The van der Waals surface area contributed by atoms with Crippen LogP contribution in [0.4, 0.5) is 16.2 Å². The number of H-pyrrole nitrogens is 1. The van der Waals surface area contributed by atoms with Gasteiger partial charge in [-0.25, -0.2) is 9.78 Å². The van der Waals surface area contributed by atoms with E-state index in [1.165, 1.54) is 0 Å². The number of rotatable bonds is 5. The van der Waals surface area contributed by atoms with Crippen LogP contribution in [0.3, 0.4) is 0 Å². The molecule has 0 aliphatic rings. The van der Waals surface area contributed by atoms with E-state index in [-0.39, 0.29) is 11.8 Å². The number of aromatic amines is 1. The van der Waals surface area contributed by atoms with Crippen molar-refractivity contribution >= 4 is 34.2 Å². The second-order valence-electron chi connectivity index (χ2n) is 7.42. The Labute approximate surface area is 189 Å². The van der Waals surface area contributed by atoms with Crippen molar-refractivity contribution in [2.45, 2.75) is 0 Å². The number of urea groups is 1. The van der Waals surface area contributed by atoms with E-state index < -0.39 is 0 Å². The number of pyridine rings is 2. The van der Waals surface area contributed by atoms with Crippen LogP contribution in [0.25, 0.3) is 22.2 Å². The van der Waals surface area contributed by atoms with Crippen LogP contribution in [0.2, 0.25) is 0 Å². The lowest BCUT2D eigenvalue weighted by molar-refractivity contribution is 0.104. The minimum atomic E-state index is -0.386. The fourth-order valence-corrected chi connectivity index (χ4v) is 3.59. The summed E-state index contributed by atoms with van der Waals surface area (Å²) in [6, 6.07) is 21.3. The van der Waals surface area contributed by atoms with Gasteiger partial charge in [-0.3, -0.25) is 9.78 Å². The summed E-state index contributed by atoms with van der Waals surface area (Å²) in [5, 5.41) is 6.25. The molecule has 3 heterocycles. The molecule has 0 spiro atoms. The van der Waals surface area contributed by atoms with Crippen LogP contribution in [-0.2, 0) is 0 Å². The summed E-state index contributed by atoms with van der Waals surface area (Å²) >= 11 is 0. The molecule has 3 aromatic heterocycles. The minimum absolute atomic E-state index is 0.168. The number of hydrogen-bond donors (Lipinski definition) is 3. The highest BCUT2D eigenvalue weighted by atomic mass is 16.2. The van der Waals surface area contributed by atoms with Gasteiger partial charge in [0.15, 0.2) is 5.78 Å². The molecule has 2 amide bonds. The van der Waals surface area contributed by atoms with Crippen molar-refractivity contribution < 1.29 is 9.59 Å². The van der Waals surface area contributed by atoms with Gasteiger partial charge in [-0.1, -0.05) is 36.4 Å². The third-order valence-corrected chi connectivity index (χ3v) is 5.18. The third kappa shape index (κ3) is 4.33. The number of hydrogen-bond acceptors (Lipinski definition) is 4. The van der Waals surface area contributed by atoms with Gasteiger partial charge in [0, 0.05) is 63.8 Å². The third-order valence-electron chi connectivity index (χ3n) is 5.18. The highest BCUT2D eigenvalue weighted by Crippen LogP contribution is 2.26. The average molecular weight is 433 g/mol. The highest BCUT2D eigenvalue weighted by molar-refractivity contribution is 6.16. The number of fused-ring (bicyclic) bond motifs is 1. The molecular weight excluding hydrogens is 414 g/mol. The number of para-hydroxylation sites is 1. The van der Waals surface area contributed by atoms with Crippen LogP contribution in [0, 0.1) is 0 Å². The fraction of sp³-hybridized carbons (Fsp3) is 0. The van der Waals surface area contributed by atoms with Crippen LogP contribution in [0.15, 0.2) is 97.6 Å². The predicted octanol–water partition coefficient (Wildman–Crippen LogP) is 5.50. The SMILES string of the molecule is O=C(Nc1ccccc1)Nc1cccc(C(=O)c2c[nH]c3ncc(-c4cccnc4)cc23)c1. The molecule has 3 N–H and O–H groups in total. The Bertz CT molecular complexity index is 1450. The van der Waals surface area contributed by atoms with Crippen molar-refractivity contribution in [1.82, 2.24) is 15.0 Å². The molecule has 0 saturated carbocycles. The van der Waals surface area contributed by atoms with Gasteiger partial charge >= 0.3 is 6.03 Å². The first-order valence-electron chi connectivity index (χ1n) is 10.3. The molecule has 0 unspecified atom stereocenters. The van der Waals surface area contributed by atoms with Gasteiger partial charge < -0.3 is 15.6 Å². The summed E-state index contributed by atoms with van der Waals surface area (Å²) in [5.41, 5.74) is 4.58. The lowest BCUT2D eigenvalue weighted by Crippen LogP contribution is -2.19. The van der Waals surface area contributed by atoms with E-state index in [0.29, 0.717) is 28.1 Å². The molecule has 5 rings (SSSR count). The average Bonchev–Trinajstić information content (AvgIpc) is 3.28. The van der Waals surface area contributed by atoms with Crippen molar-refractivity contribution in [2.75, 3.05) is 10.6 Å². The maximum atomic E-state index is 13.3. The van der Waals surface area contributed by atoms with Crippen molar-refractivity contribution in [2.24, 2.45) is 0 Å². The normalized spacial score (nSPS) is 10.7. The van der Waals surface area contributed by atoms with E-state index in [4.69, 9.17) is 0 Å². The Balaban J connectivity index is 1.40. The van der Waals surface area contributed by atoms with E-state index in [0.717, 1.165) is 16.5 Å². The molecule has 7 nitrogen and oxygen atoms in total. The molecule has 0 bridgehead atoms. The molecular formula is C26H19N5O2. The molecule has 0 saturated heterocycles. The fourth-order valence-electron chi connectivity index (χ4n) is 3.59. The van der Waals surface area contributed by atoms with Gasteiger partial charge in [0.25, 0.3) is 0 Å². The van der Waals surface area contributed by atoms with E-state index in [1.54, 1.807) is 61.2 Å². The van der Waals surface area contributed by atoms with Crippen LogP contribution >= 0.6 is 0 Å². The number of anilines is 2. The minimum Gasteiger partial charge on any atom is -0.345 e. The Hall–Kier alpha value is -4.78. The molecule has 0 aliphatic heterocycles. The summed E-state index contributed by atoms with van der Waals surface area (Å²) in [4.78, 5) is 37.3. The monoisotopic (exact) mass is 433 g/mol. The predicted molar refractivity (Wildman–Crippen MR) is 128 cm³/mol. The largest absolute Gasteiger partial charge is 0.345 e. The van der Waals surface area contributed by atoms with E-state index in [1.807, 2.05) is 36.4 Å². The van der Waals surface area contributed by atoms with Gasteiger partial charge in [-0.2, -0.15) is 0 Å². The molecule has 160 valence electrons. The first-order chi connectivity index (χ1) is 16.2. The van der Waals surface area contributed by atoms with Crippen LogP contribution in [0.5, 0.6) is 0 Å². The smallest absolute Gasteiger partial charge is 0.323 e. The Morgan fingerprint density at radius 1 is 0.788 bits per heavy atom.